The van der Waals surface area contributed by atoms with Crippen molar-refractivity contribution in [3.63, 3.8) is 0 Å². The smallest absolute Gasteiger partial charge is 0.413 e. The van der Waals surface area contributed by atoms with Crippen LogP contribution >= 0.6 is 23.2 Å². The summed E-state index contributed by atoms with van der Waals surface area (Å²) in [7, 11) is -1.87. The van der Waals surface area contributed by atoms with E-state index < -0.39 is 22.2 Å². The number of hydrogen-bond donors (Lipinski definition) is 2. The molecule has 3 rings (SSSR count). The Morgan fingerprint density at radius 1 is 1.28 bits per heavy atom. The maximum absolute atomic E-state index is 12.5. The molecule has 2 N–H and O–H groups in total. The molecule has 0 bridgehead atoms. The molecule has 32 heavy (non-hydrogen) atoms. The van der Waals surface area contributed by atoms with E-state index >= 15 is 0 Å². The van der Waals surface area contributed by atoms with Gasteiger partial charge in [-0.15, -0.1) is 5.10 Å². The molecule has 3 heterocycles. The summed E-state index contributed by atoms with van der Waals surface area (Å²) in [5.74, 6) is 0.230. The van der Waals surface area contributed by atoms with Gasteiger partial charge in [-0.05, 0) is 32.0 Å². The molecule has 14 heteroatoms. The lowest BCUT2D eigenvalue weighted by molar-refractivity contribution is 0.121. The van der Waals surface area contributed by atoms with E-state index in [0.29, 0.717) is 27.7 Å². The van der Waals surface area contributed by atoms with E-state index in [2.05, 4.69) is 30.3 Å². The number of nitrogens with one attached hydrogen (secondary N) is 2. The van der Waals surface area contributed by atoms with Crippen molar-refractivity contribution in [1.29, 1.82) is 0 Å². The first-order valence-electron chi connectivity index (χ1n) is 9.08. The fraction of sp³-hybridized carbons (Fsp3) is 0.278. The summed E-state index contributed by atoms with van der Waals surface area (Å²) < 4.78 is 32.1. The number of ether oxygens (including phenoxy) is 1. The van der Waals surface area contributed by atoms with Crippen molar-refractivity contribution in [2.45, 2.75) is 20.0 Å². The van der Waals surface area contributed by atoms with Gasteiger partial charge in [0.05, 0.1) is 28.4 Å². The molecular formula is C18H19Cl2N7O4S. The zero-order valence-electron chi connectivity index (χ0n) is 17.4. The molecule has 0 saturated heterocycles. The number of carbonyl (C=O) groups excluding carboxylic acids is 1. The predicted octanol–water partition coefficient (Wildman–Crippen LogP) is 3.57. The SMILES string of the molecule is Cc1nc(-c2nnn(C)c2NC(=O)O[C@H](C)c2cc(Cl)cnc2Cl)ccc1NS(C)(=O)=O. The zero-order chi connectivity index (χ0) is 23.6. The molecule has 0 fully saturated rings. The highest BCUT2D eigenvalue weighted by Gasteiger charge is 2.21. The lowest BCUT2D eigenvalue weighted by Gasteiger charge is -2.15. The van der Waals surface area contributed by atoms with E-state index in [1.165, 1.54) is 10.9 Å². The third-order valence-electron chi connectivity index (χ3n) is 4.23. The van der Waals surface area contributed by atoms with Crippen LogP contribution in [0.25, 0.3) is 11.4 Å². The third-order valence-corrected chi connectivity index (χ3v) is 5.34. The molecule has 0 saturated carbocycles. The fourth-order valence-electron chi connectivity index (χ4n) is 2.74. The molecule has 0 aliphatic heterocycles. The Morgan fingerprint density at radius 2 is 2.00 bits per heavy atom. The van der Waals surface area contributed by atoms with E-state index in [9.17, 15) is 13.2 Å². The Bertz CT molecular complexity index is 1280. The van der Waals surface area contributed by atoms with Crippen LogP contribution in [-0.4, -0.2) is 45.7 Å². The minimum atomic E-state index is -3.46. The van der Waals surface area contributed by atoms with Crippen molar-refractivity contribution >= 4 is 50.8 Å². The number of aryl methyl sites for hydroxylation is 2. The average molecular weight is 500 g/mol. The number of halogens is 2. The molecule has 3 aromatic heterocycles. The first-order valence-corrected chi connectivity index (χ1v) is 11.7. The standard InChI is InChI=1S/C18H19Cl2N7O4S/c1-9-13(25-32(4,29)30)5-6-14(22-9)15-17(27(3)26-24-15)23-18(28)31-10(2)12-7-11(19)8-21-16(12)20/h5-8,10,25H,1-4H3,(H,23,28)/t10-/m1/s1. The van der Waals surface area contributed by atoms with Gasteiger partial charge in [0.2, 0.25) is 10.0 Å². The van der Waals surface area contributed by atoms with E-state index in [1.54, 1.807) is 39.1 Å². The quantitative estimate of drug-likeness (QED) is 0.490. The zero-order valence-corrected chi connectivity index (χ0v) is 19.7. The molecule has 0 spiro atoms. The van der Waals surface area contributed by atoms with Gasteiger partial charge in [-0.1, -0.05) is 28.4 Å². The minimum absolute atomic E-state index is 0.167. The van der Waals surface area contributed by atoms with Gasteiger partial charge in [-0.2, -0.15) is 0 Å². The molecule has 0 aliphatic carbocycles. The van der Waals surface area contributed by atoms with Crippen LogP contribution < -0.4 is 10.0 Å². The Kier molecular flexibility index (Phi) is 6.86. The summed E-state index contributed by atoms with van der Waals surface area (Å²) in [4.78, 5) is 20.8. The molecule has 0 aromatic carbocycles. The largest absolute Gasteiger partial charge is 0.441 e. The van der Waals surface area contributed by atoms with Gasteiger partial charge >= 0.3 is 6.09 Å². The van der Waals surface area contributed by atoms with Crippen LogP contribution in [0.15, 0.2) is 24.4 Å². The van der Waals surface area contributed by atoms with Gasteiger partial charge in [-0.25, -0.2) is 27.9 Å². The molecule has 3 aromatic rings. The maximum atomic E-state index is 12.5. The molecular weight excluding hydrogens is 481 g/mol. The highest BCUT2D eigenvalue weighted by molar-refractivity contribution is 7.92. The number of nitrogens with zero attached hydrogens (tertiary/aromatic N) is 5. The topological polar surface area (TPSA) is 141 Å². The van der Waals surface area contributed by atoms with Crippen LogP contribution in [0.4, 0.5) is 16.3 Å². The second-order valence-corrected chi connectivity index (χ2v) is 9.36. The minimum Gasteiger partial charge on any atom is -0.441 e. The first kappa shape index (κ1) is 23.7. The number of sulfonamides is 1. The van der Waals surface area contributed by atoms with Crippen molar-refractivity contribution in [3.05, 3.63) is 45.8 Å². The van der Waals surface area contributed by atoms with E-state index in [4.69, 9.17) is 27.9 Å². The van der Waals surface area contributed by atoms with Gasteiger partial charge in [-0.3, -0.25) is 10.0 Å². The summed E-state index contributed by atoms with van der Waals surface area (Å²) in [6, 6.07) is 4.66. The number of amides is 1. The average Bonchev–Trinajstić information content (AvgIpc) is 3.04. The monoisotopic (exact) mass is 499 g/mol. The molecule has 11 nitrogen and oxygen atoms in total. The van der Waals surface area contributed by atoms with Gasteiger partial charge in [0.15, 0.2) is 11.5 Å². The van der Waals surface area contributed by atoms with Gasteiger partial charge < -0.3 is 4.74 Å². The second kappa shape index (κ2) is 9.27. The highest BCUT2D eigenvalue weighted by atomic mass is 35.5. The van der Waals surface area contributed by atoms with Gasteiger partial charge in [0, 0.05) is 18.8 Å². The molecule has 0 unspecified atom stereocenters. The van der Waals surface area contributed by atoms with Crippen LogP contribution in [0, 0.1) is 6.92 Å². The van der Waals surface area contributed by atoms with Gasteiger partial charge in [0.25, 0.3) is 0 Å². The summed E-state index contributed by atoms with van der Waals surface area (Å²) in [6.45, 7) is 3.26. The Labute approximate surface area is 194 Å². The van der Waals surface area contributed by atoms with Crippen molar-refractivity contribution in [2.75, 3.05) is 16.3 Å². The van der Waals surface area contributed by atoms with Crippen molar-refractivity contribution in [1.82, 2.24) is 25.0 Å². The van der Waals surface area contributed by atoms with Crippen LogP contribution in [0.5, 0.6) is 0 Å². The Hall–Kier alpha value is -2.96. The molecule has 0 radical (unpaired) electrons. The summed E-state index contributed by atoms with van der Waals surface area (Å²) in [5, 5.41) is 11.1. The van der Waals surface area contributed by atoms with Crippen LogP contribution in [0.3, 0.4) is 0 Å². The molecule has 0 aliphatic rings. The van der Waals surface area contributed by atoms with E-state index in [-0.39, 0.29) is 16.7 Å². The number of aromatic nitrogens is 5. The van der Waals surface area contributed by atoms with Crippen molar-refractivity contribution in [2.24, 2.45) is 7.05 Å². The summed E-state index contributed by atoms with van der Waals surface area (Å²) >= 11 is 12.0. The maximum Gasteiger partial charge on any atom is 0.413 e. The number of carbonyl (C=O) groups is 1. The number of pyridine rings is 2. The highest BCUT2D eigenvalue weighted by Crippen LogP contribution is 2.29. The van der Waals surface area contributed by atoms with Crippen LogP contribution in [0.2, 0.25) is 10.2 Å². The molecule has 170 valence electrons. The second-order valence-electron chi connectivity index (χ2n) is 6.82. The lowest BCUT2D eigenvalue weighted by Crippen LogP contribution is -2.18. The number of rotatable bonds is 6. The molecule has 1 amide bonds. The van der Waals surface area contributed by atoms with Gasteiger partial charge in [0.1, 0.15) is 11.3 Å². The van der Waals surface area contributed by atoms with Crippen molar-refractivity contribution in [3.8, 4) is 11.4 Å². The third kappa shape index (κ3) is 5.64. The summed E-state index contributed by atoms with van der Waals surface area (Å²) in [6.07, 6.45) is 0.913. The Balaban J connectivity index is 1.81. The normalized spacial score (nSPS) is 12.3. The Morgan fingerprint density at radius 3 is 2.66 bits per heavy atom. The number of hydrogen-bond acceptors (Lipinski definition) is 8. The van der Waals surface area contributed by atoms with Crippen molar-refractivity contribution < 1.29 is 17.9 Å². The first-order chi connectivity index (χ1) is 14.9. The number of anilines is 2. The summed E-state index contributed by atoms with van der Waals surface area (Å²) in [5.41, 5.74) is 1.84. The lowest BCUT2D eigenvalue weighted by atomic mass is 10.2. The van der Waals surface area contributed by atoms with Crippen LogP contribution in [-0.2, 0) is 21.8 Å². The van der Waals surface area contributed by atoms with Crippen LogP contribution in [0.1, 0.15) is 24.3 Å². The fourth-order valence-corrected chi connectivity index (χ4v) is 3.78. The predicted molar refractivity (Wildman–Crippen MR) is 120 cm³/mol. The molecule has 1 atom stereocenters. The van der Waals surface area contributed by atoms with E-state index in [0.717, 1.165) is 6.26 Å². The van der Waals surface area contributed by atoms with E-state index in [1.807, 2.05) is 0 Å².